The van der Waals surface area contributed by atoms with Gasteiger partial charge in [-0.15, -0.1) is 0 Å². The first-order valence-corrected chi connectivity index (χ1v) is 23.1. The van der Waals surface area contributed by atoms with E-state index in [-0.39, 0.29) is 36.7 Å². The second kappa shape index (κ2) is 18.3. The van der Waals surface area contributed by atoms with Crippen molar-refractivity contribution in [1.82, 2.24) is 26.3 Å². The molecule has 346 valence electrons. The standard InChI is InChI=1S/C52H65N5O8/c1-29(2)21-51(3,61)25-55-27-56-26-52(63-28-54-5)22-40-37-20-39-45(31-7-12-41-30(17-31)15-16-57-41)33(23-53-4)18-38-42(59)14-11-35(46(38)39)47(37)49-36(10-9-34(24-58)64-49)48(40)65-50(52)32-8-13-43(60)44(19-32)62-6/h7-8,11-19,29,34,39,45,50,53-61H,9-10,20-28H2,1-6H3. The zero-order valence-electron chi connectivity index (χ0n) is 38.4. The molecular weight excluding hydrogens is 823 g/mol. The Kier molecular flexibility index (Phi) is 12.7. The van der Waals surface area contributed by atoms with Gasteiger partial charge in [-0.3, -0.25) is 5.32 Å². The molecule has 13 nitrogen and oxygen atoms in total. The van der Waals surface area contributed by atoms with E-state index in [1.165, 1.54) is 18.2 Å². The number of nitrogens with one attached hydrogen (secondary N) is 5. The Morgan fingerprint density at radius 1 is 0.938 bits per heavy atom. The first kappa shape index (κ1) is 45.1. The summed E-state index contributed by atoms with van der Waals surface area (Å²) >= 11 is 0. The molecule has 4 aromatic carbocycles. The van der Waals surface area contributed by atoms with E-state index in [4.69, 9.17) is 18.9 Å². The lowest BCUT2D eigenvalue weighted by Crippen LogP contribution is -2.56. The van der Waals surface area contributed by atoms with Gasteiger partial charge >= 0.3 is 0 Å². The van der Waals surface area contributed by atoms with Crippen molar-refractivity contribution in [3.8, 4) is 39.9 Å². The predicted octanol–water partition coefficient (Wildman–Crippen LogP) is 6.52. The number of methoxy groups -OCH3 is 1. The van der Waals surface area contributed by atoms with Crippen LogP contribution in [0.3, 0.4) is 0 Å². The zero-order chi connectivity index (χ0) is 45.6. The second-order valence-electron chi connectivity index (χ2n) is 19.2. The summed E-state index contributed by atoms with van der Waals surface area (Å²) in [5.74, 6) is 2.33. The van der Waals surface area contributed by atoms with Crippen LogP contribution in [-0.4, -0.2) is 104 Å². The largest absolute Gasteiger partial charge is 0.507 e. The summed E-state index contributed by atoms with van der Waals surface area (Å²) in [4.78, 5) is 3.36. The van der Waals surface area contributed by atoms with E-state index in [1.54, 1.807) is 12.1 Å². The van der Waals surface area contributed by atoms with E-state index in [9.17, 15) is 20.4 Å². The molecule has 2 aliphatic carbocycles. The lowest BCUT2D eigenvalue weighted by atomic mass is 9.62. The zero-order valence-corrected chi connectivity index (χ0v) is 38.4. The van der Waals surface area contributed by atoms with Crippen molar-refractivity contribution in [3.05, 3.63) is 105 Å². The third kappa shape index (κ3) is 8.37. The number of benzene rings is 4. The molecule has 5 aromatic rings. The lowest BCUT2D eigenvalue weighted by Gasteiger charge is -2.48. The fourth-order valence-corrected chi connectivity index (χ4v) is 11.4. The Balaban J connectivity index is 1.23. The molecule has 9 rings (SSSR count). The van der Waals surface area contributed by atoms with Crippen LogP contribution in [0.15, 0.2) is 66.4 Å². The van der Waals surface area contributed by atoms with Crippen molar-refractivity contribution >= 4 is 17.0 Å². The number of aliphatic hydroxyl groups is 2. The molecular formula is C52H65N5O8. The highest BCUT2D eigenvalue weighted by Gasteiger charge is 2.51. The third-order valence-corrected chi connectivity index (χ3v) is 13.9. The molecule has 3 heterocycles. The molecule has 6 atom stereocenters. The van der Waals surface area contributed by atoms with Crippen LogP contribution in [0.2, 0.25) is 0 Å². The Morgan fingerprint density at radius 2 is 1.75 bits per heavy atom. The maximum atomic E-state index is 11.7. The number of aromatic hydroxyl groups is 2. The van der Waals surface area contributed by atoms with Crippen LogP contribution in [0.5, 0.6) is 28.7 Å². The number of fused-ring (bicyclic) bond motifs is 8. The van der Waals surface area contributed by atoms with Crippen LogP contribution in [-0.2, 0) is 24.0 Å². The average Bonchev–Trinajstić information content (AvgIpc) is 3.77. The average molecular weight is 888 g/mol. The van der Waals surface area contributed by atoms with Gasteiger partial charge in [0.2, 0.25) is 0 Å². The first-order chi connectivity index (χ1) is 31.4. The van der Waals surface area contributed by atoms with Crippen molar-refractivity contribution in [2.75, 3.05) is 60.8 Å². The van der Waals surface area contributed by atoms with Gasteiger partial charge in [0, 0.05) is 72.6 Å². The number of likely N-dealkylation sites (N-methyl/N-ethyl adjacent to an activating group) is 1. The number of aromatic nitrogens is 1. The highest BCUT2D eigenvalue weighted by molar-refractivity contribution is 5.90. The van der Waals surface area contributed by atoms with Crippen molar-refractivity contribution in [1.29, 1.82) is 0 Å². The number of rotatable bonds is 17. The van der Waals surface area contributed by atoms with E-state index in [0.717, 1.165) is 61.2 Å². The number of H-pyrrole nitrogens is 1. The van der Waals surface area contributed by atoms with Crippen molar-refractivity contribution in [3.63, 3.8) is 0 Å². The van der Waals surface area contributed by atoms with Gasteiger partial charge in [-0.25, -0.2) is 0 Å². The predicted molar refractivity (Wildman–Crippen MR) is 253 cm³/mol. The first-order valence-electron chi connectivity index (χ1n) is 23.1. The fraction of sp³-hybridized carbons (Fsp3) is 0.462. The van der Waals surface area contributed by atoms with E-state index in [2.05, 4.69) is 70.4 Å². The van der Waals surface area contributed by atoms with Gasteiger partial charge in [0.15, 0.2) is 17.6 Å². The highest BCUT2D eigenvalue weighted by atomic mass is 16.6. The summed E-state index contributed by atoms with van der Waals surface area (Å²) < 4.78 is 27.1. The van der Waals surface area contributed by atoms with Crippen LogP contribution in [0.4, 0.5) is 0 Å². The number of phenolic OH excluding ortho intramolecular Hbond substituents is 2. The minimum absolute atomic E-state index is 0.0200. The van der Waals surface area contributed by atoms with E-state index in [1.807, 2.05) is 45.4 Å². The van der Waals surface area contributed by atoms with Gasteiger partial charge < -0.3 is 60.3 Å². The molecule has 0 saturated carbocycles. The molecule has 9 N–H and O–H groups in total. The molecule has 0 spiro atoms. The molecule has 4 aliphatic rings. The minimum atomic E-state index is -1.01. The van der Waals surface area contributed by atoms with E-state index >= 15 is 0 Å². The Hall–Kier alpha value is -5.12. The topological polar surface area (TPSA) is 182 Å². The number of phenols is 2. The minimum Gasteiger partial charge on any atom is -0.507 e. The number of ether oxygens (including phenoxy) is 4. The number of aliphatic hydroxyl groups excluding tert-OH is 1. The third-order valence-electron chi connectivity index (χ3n) is 13.9. The summed E-state index contributed by atoms with van der Waals surface area (Å²) in [6.07, 6.45) is 6.08. The van der Waals surface area contributed by atoms with Gasteiger partial charge in [-0.05, 0) is 140 Å². The van der Waals surface area contributed by atoms with Crippen LogP contribution < -0.4 is 35.5 Å². The molecule has 6 unspecified atom stereocenters. The molecule has 0 saturated heterocycles. The normalized spacial score (nSPS) is 22.8. The molecule has 0 bridgehead atoms. The summed E-state index contributed by atoms with van der Waals surface area (Å²) in [5, 5.41) is 59.0. The van der Waals surface area contributed by atoms with Crippen molar-refractivity contribution in [2.24, 2.45) is 5.92 Å². The second-order valence-corrected chi connectivity index (χ2v) is 19.2. The molecule has 2 aliphatic heterocycles. The maximum absolute atomic E-state index is 11.7. The van der Waals surface area contributed by atoms with Gasteiger partial charge in [-0.1, -0.05) is 32.0 Å². The molecule has 0 fully saturated rings. The number of hydrogen-bond acceptors (Lipinski definition) is 12. The van der Waals surface area contributed by atoms with Gasteiger partial charge in [-0.2, -0.15) is 0 Å². The molecule has 1 aromatic heterocycles. The van der Waals surface area contributed by atoms with Crippen molar-refractivity contribution < 1.29 is 39.4 Å². The summed E-state index contributed by atoms with van der Waals surface area (Å²) in [6.45, 7) is 8.02. The quantitative estimate of drug-likeness (QED) is 0.0365. The van der Waals surface area contributed by atoms with Crippen LogP contribution in [0, 0.1) is 5.92 Å². The van der Waals surface area contributed by atoms with Crippen LogP contribution in [0.1, 0.15) is 90.5 Å². The molecule has 13 heteroatoms. The Morgan fingerprint density at radius 3 is 2.52 bits per heavy atom. The Bertz CT molecular complexity index is 2590. The monoisotopic (exact) mass is 887 g/mol. The van der Waals surface area contributed by atoms with Crippen LogP contribution in [0.25, 0.3) is 28.1 Å². The van der Waals surface area contributed by atoms with E-state index < -0.39 is 23.4 Å². The summed E-state index contributed by atoms with van der Waals surface area (Å²) in [6, 6.07) is 18.0. The lowest BCUT2D eigenvalue weighted by molar-refractivity contribution is -0.129. The van der Waals surface area contributed by atoms with Gasteiger partial charge in [0.25, 0.3) is 0 Å². The van der Waals surface area contributed by atoms with Gasteiger partial charge in [0.05, 0.1) is 26.0 Å². The summed E-state index contributed by atoms with van der Waals surface area (Å²) in [5.41, 5.74) is 9.36. The maximum Gasteiger partial charge on any atom is 0.160 e. The molecule has 65 heavy (non-hydrogen) atoms. The molecule has 0 radical (unpaired) electrons. The summed E-state index contributed by atoms with van der Waals surface area (Å²) in [7, 11) is 5.36. The smallest absolute Gasteiger partial charge is 0.160 e. The fourth-order valence-electron chi connectivity index (χ4n) is 11.4. The Labute approximate surface area is 381 Å². The SMILES string of the molecule is CNCOC1(CNCNCC(C)(O)CC(C)C)Cc2c3c(c4c(c2OC1c1ccc(O)c(OC)c1)CCC(CO)O4)-c1ccc(O)c2c1C(C3)C(c1ccc3[nH]ccc3c1)C(CNC)=C2. The number of hydrogen-bond donors (Lipinski definition) is 9. The number of aromatic amines is 1. The van der Waals surface area contributed by atoms with Crippen molar-refractivity contribution in [2.45, 2.75) is 88.1 Å². The molecule has 0 amide bonds. The highest BCUT2D eigenvalue weighted by Crippen LogP contribution is 2.61. The van der Waals surface area contributed by atoms with Gasteiger partial charge in [0.1, 0.15) is 29.0 Å². The van der Waals surface area contributed by atoms with Crippen LogP contribution >= 0.6 is 0 Å². The van der Waals surface area contributed by atoms with E-state index in [0.29, 0.717) is 75.8 Å².